The van der Waals surface area contributed by atoms with E-state index in [4.69, 9.17) is 0 Å². The predicted octanol–water partition coefficient (Wildman–Crippen LogP) is 2.17. The first-order chi connectivity index (χ1) is 8.65. The van der Waals surface area contributed by atoms with Crippen molar-refractivity contribution in [2.45, 2.75) is 0 Å². The van der Waals surface area contributed by atoms with Crippen molar-refractivity contribution in [2.75, 3.05) is 24.4 Å². The molecule has 0 aromatic heterocycles. The Morgan fingerprint density at radius 3 is 2.56 bits per heavy atom. The molecule has 0 saturated carbocycles. The predicted molar refractivity (Wildman–Crippen MR) is 74.5 cm³/mol. The van der Waals surface area contributed by atoms with E-state index in [2.05, 4.69) is 10.1 Å². The van der Waals surface area contributed by atoms with Gasteiger partial charge in [-0.2, -0.15) is 11.8 Å². The zero-order valence-electron chi connectivity index (χ0n) is 10.3. The summed E-state index contributed by atoms with van der Waals surface area (Å²) in [6.07, 6.45) is 4.88. The third kappa shape index (κ3) is 5.05. The van der Waals surface area contributed by atoms with Gasteiger partial charge in [0.05, 0.1) is 12.9 Å². The Kier molecular flexibility index (Phi) is 6.00. The molecule has 0 bridgehead atoms. The molecular formula is C13H15NO3S. The van der Waals surface area contributed by atoms with Crippen LogP contribution in [-0.4, -0.2) is 31.0 Å². The maximum atomic E-state index is 11.3. The van der Waals surface area contributed by atoms with Crippen LogP contribution < -0.4 is 5.32 Å². The van der Waals surface area contributed by atoms with E-state index in [0.29, 0.717) is 5.75 Å². The molecule has 1 aromatic carbocycles. The highest BCUT2D eigenvalue weighted by molar-refractivity contribution is 7.99. The van der Waals surface area contributed by atoms with E-state index in [1.807, 2.05) is 18.4 Å². The number of amides is 1. The Hall–Kier alpha value is -1.75. The number of carbonyl (C=O) groups excluding carboxylic acids is 2. The number of carbonyl (C=O) groups is 2. The van der Waals surface area contributed by atoms with Gasteiger partial charge in [0, 0.05) is 11.8 Å². The lowest BCUT2D eigenvalue weighted by atomic mass is 10.2. The zero-order valence-corrected chi connectivity index (χ0v) is 11.1. The number of ether oxygens (including phenoxy) is 1. The van der Waals surface area contributed by atoms with Crippen LogP contribution in [0.1, 0.15) is 5.56 Å². The summed E-state index contributed by atoms with van der Waals surface area (Å²) in [6.45, 7) is 0. The van der Waals surface area contributed by atoms with E-state index in [1.54, 1.807) is 18.2 Å². The topological polar surface area (TPSA) is 55.4 Å². The van der Waals surface area contributed by atoms with Crippen LogP contribution in [0, 0.1) is 0 Å². The van der Waals surface area contributed by atoms with Gasteiger partial charge in [0.1, 0.15) is 0 Å². The van der Waals surface area contributed by atoms with Gasteiger partial charge in [0.2, 0.25) is 5.91 Å². The van der Waals surface area contributed by atoms with Crippen LogP contribution in [0.25, 0.3) is 6.08 Å². The van der Waals surface area contributed by atoms with E-state index in [-0.39, 0.29) is 5.91 Å². The molecule has 96 valence electrons. The number of anilines is 1. The minimum atomic E-state index is -0.396. The molecule has 0 spiro atoms. The Labute approximate surface area is 110 Å². The van der Waals surface area contributed by atoms with Crippen LogP contribution in [0.4, 0.5) is 5.69 Å². The molecule has 0 heterocycles. The van der Waals surface area contributed by atoms with Crippen LogP contribution in [0.2, 0.25) is 0 Å². The Morgan fingerprint density at radius 2 is 2.00 bits per heavy atom. The third-order valence-corrected chi connectivity index (χ3v) is 2.63. The largest absolute Gasteiger partial charge is 0.466 e. The van der Waals surface area contributed by atoms with Gasteiger partial charge in [-0.3, -0.25) is 4.79 Å². The van der Waals surface area contributed by atoms with Gasteiger partial charge in [0.15, 0.2) is 0 Å². The van der Waals surface area contributed by atoms with Crippen LogP contribution in [-0.2, 0) is 14.3 Å². The molecule has 0 saturated heterocycles. The van der Waals surface area contributed by atoms with E-state index < -0.39 is 5.97 Å². The quantitative estimate of drug-likeness (QED) is 0.655. The van der Waals surface area contributed by atoms with Crippen molar-refractivity contribution >= 4 is 35.4 Å². The van der Waals surface area contributed by atoms with E-state index in [0.717, 1.165) is 11.3 Å². The van der Waals surface area contributed by atoms with Gasteiger partial charge < -0.3 is 10.1 Å². The standard InChI is InChI=1S/C13H15NO3S/c1-17-13(16)8-5-10-3-6-11(7-4-10)14-12(15)9-18-2/h3-8H,9H2,1-2H3,(H,14,15). The second-order valence-corrected chi connectivity index (χ2v) is 4.33. The highest BCUT2D eigenvalue weighted by Gasteiger charge is 2.00. The Morgan fingerprint density at radius 1 is 1.33 bits per heavy atom. The van der Waals surface area contributed by atoms with E-state index in [1.165, 1.54) is 24.9 Å². The molecule has 0 radical (unpaired) electrons. The molecule has 1 rings (SSSR count). The summed E-state index contributed by atoms with van der Waals surface area (Å²) < 4.78 is 4.49. The van der Waals surface area contributed by atoms with Crippen molar-refractivity contribution in [3.63, 3.8) is 0 Å². The lowest BCUT2D eigenvalue weighted by Crippen LogP contribution is -2.13. The van der Waals surface area contributed by atoms with Gasteiger partial charge in [-0.15, -0.1) is 0 Å². The number of rotatable bonds is 5. The van der Waals surface area contributed by atoms with Gasteiger partial charge >= 0.3 is 5.97 Å². The molecule has 0 fully saturated rings. The molecule has 0 aliphatic heterocycles. The number of hydrogen-bond acceptors (Lipinski definition) is 4. The lowest BCUT2D eigenvalue weighted by Gasteiger charge is -2.04. The molecule has 5 heteroatoms. The first-order valence-corrected chi connectivity index (χ1v) is 6.70. The van der Waals surface area contributed by atoms with Crippen molar-refractivity contribution < 1.29 is 14.3 Å². The fourth-order valence-electron chi connectivity index (χ4n) is 1.24. The van der Waals surface area contributed by atoms with Gasteiger partial charge in [-0.05, 0) is 30.0 Å². The summed E-state index contributed by atoms with van der Waals surface area (Å²) >= 11 is 1.47. The van der Waals surface area contributed by atoms with Gasteiger partial charge in [-0.25, -0.2) is 4.79 Å². The number of nitrogens with one attached hydrogen (secondary N) is 1. The maximum Gasteiger partial charge on any atom is 0.330 e. The highest BCUT2D eigenvalue weighted by atomic mass is 32.2. The highest BCUT2D eigenvalue weighted by Crippen LogP contribution is 2.11. The maximum absolute atomic E-state index is 11.3. The molecule has 0 atom stereocenters. The Bertz CT molecular complexity index is 440. The number of methoxy groups -OCH3 is 1. The van der Waals surface area contributed by atoms with E-state index in [9.17, 15) is 9.59 Å². The van der Waals surface area contributed by atoms with Crippen LogP contribution >= 0.6 is 11.8 Å². The van der Waals surface area contributed by atoms with Crippen LogP contribution in [0.15, 0.2) is 30.3 Å². The summed E-state index contributed by atoms with van der Waals surface area (Å²) in [4.78, 5) is 22.2. The lowest BCUT2D eigenvalue weighted by molar-refractivity contribution is -0.134. The minimum Gasteiger partial charge on any atom is -0.466 e. The minimum absolute atomic E-state index is 0.0275. The number of esters is 1. The summed E-state index contributed by atoms with van der Waals surface area (Å²) in [5.74, 6) is 0.0111. The summed E-state index contributed by atoms with van der Waals surface area (Å²) in [5.41, 5.74) is 1.60. The molecule has 0 aliphatic carbocycles. The average Bonchev–Trinajstić information content (AvgIpc) is 2.37. The molecule has 4 nitrogen and oxygen atoms in total. The second kappa shape index (κ2) is 7.55. The van der Waals surface area contributed by atoms with Gasteiger partial charge in [0.25, 0.3) is 0 Å². The normalized spacial score (nSPS) is 10.3. The first-order valence-electron chi connectivity index (χ1n) is 5.30. The second-order valence-electron chi connectivity index (χ2n) is 3.46. The van der Waals surface area contributed by atoms with Crippen LogP contribution in [0.5, 0.6) is 0 Å². The summed E-state index contributed by atoms with van der Waals surface area (Å²) in [5, 5.41) is 2.77. The molecular weight excluding hydrogens is 250 g/mol. The van der Waals surface area contributed by atoms with Crippen molar-refractivity contribution in [1.29, 1.82) is 0 Å². The first kappa shape index (κ1) is 14.3. The SMILES string of the molecule is COC(=O)C=Cc1ccc(NC(=O)CSC)cc1. The van der Waals surface area contributed by atoms with E-state index >= 15 is 0 Å². The number of benzene rings is 1. The molecule has 1 N–H and O–H groups in total. The molecule has 0 unspecified atom stereocenters. The number of thioether (sulfide) groups is 1. The monoisotopic (exact) mass is 265 g/mol. The third-order valence-electron chi connectivity index (χ3n) is 2.08. The van der Waals surface area contributed by atoms with Crippen molar-refractivity contribution in [2.24, 2.45) is 0 Å². The van der Waals surface area contributed by atoms with Crippen LogP contribution in [0.3, 0.4) is 0 Å². The fraction of sp³-hybridized carbons (Fsp3) is 0.231. The zero-order chi connectivity index (χ0) is 13.4. The Balaban J connectivity index is 2.60. The summed E-state index contributed by atoms with van der Waals surface area (Å²) in [6, 6.07) is 7.20. The van der Waals surface area contributed by atoms with Gasteiger partial charge in [-0.1, -0.05) is 12.1 Å². The number of hydrogen-bond donors (Lipinski definition) is 1. The summed E-state index contributed by atoms with van der Waals surface area (Å²) in [7, 11) is 1.33. The van der Waals surface area contributed by atoms with Crippen molar-refractivity contribution in [3.8, 4) is 0 Å². The van der Waals surface area contributed by atoms with Crippen molar-refractivity contribution in [1.82, 2.24) is 0 Å². The smallest absolute Gasteiger partial charge is 0.330 e. The molecule has 1 amide bonds. The fourth-order valence-corrected chi connectivity index (χ4v) is 1.57. The van der Waals surface area contributed by atoms with Crippen molar-refractivity contribution in [3.05, 3.63) is 35.9 Å². The molecule has 0 aliphatic rings. The average molecular weight is 265 g/mol. The molecule has 18 heavy (non-hydrogen) atoms. The molecule has 1 aromatic rings.